The molecule has 0 N–H and O–H groups in total. The molecule has 3 nitrogen and oxygen atoms in total. The number of nitrogens with zero attached hydrogens (tertiary/aromatic N) is 1. The van der Waals surface area contributed by atoms with Crippen molar-refractivity contribution in [2.75, 3.05) is 13.2 Å². The second kappa shape index (κ2) is 5.13. The summed E-state index contributed by atoms with van der Waals surface area (Å²) < 4.78 is 10.7. The second-order valence-electron chi connectivity index (χ2n) is 2.91. The van der Waals surface area contributed by atoms with Crippen molar-refractivity contribution in [3.05, 3.63) is 0 Å². The smallest absolute Gasteiger partial charge is 0.169 e. The van der Waals surface area contributed by atoms with E-state index in [1.807, 2.05) is 6.92 Å². The van der Waals surface area contributed by atoms with Crippen molar-refractivity contribution in [3.63, 3.8) is 0 Å². The molecule has 1 saturated heterocycles. The second-order valence-corrected chi connectivity index (χ2v) is 2.91. The van der Waals surface area contributed by atoms with E-state index in [9.17, 15) is 0 Å². The fraction of sp³-hybridized carbons (Fsp3) is 0.889. The van der Waals surface area contributed by atoms with Gasteiger partial charge in [0.05, 0.1) is 12.2 Å². The zero-order valence-electron chi connectivity index (χ0n) is 7.45. The summed E-state index contributed by atoms with van der Waals surface area (Å²) in [6, 6.07) is 2.13. The minimum atomic E-state index is -0.365. The van der Waals surface area contributed by atoms with E-state index in [4.69, 9.17) is 14.7 Å². The zero-order chi connectivity index (χ0) is 8.81. The van der Waals surface area contributed by atoms with Crippen LogP contribution in [0.5, 0.6) is 0 Å². The van der Waals surface area contributed by atoms with Crippen LogP contribution in [-0.2, 0) is 9.47 Å². The average molecular weight is 169 g/mol. The van der Waals surface area contributed by atoms with Crippen molar-refractivity contribution in [3.8, 4) is 6.07 Å². The Morgan fingerprint density at radius 1 is 1.67 bits per heavy atom. The van der Waals surface area contributed by atoms with Crippen LogP contribution in [0.1, 0.15) is 26.2 Å². The number of ether oxygens (including phenoxy) is 2. The highest BCUT2D eigenvalue weighted by Crippen LogP contribution is 2.17. The van der Waals surface area contributed by atoms with Gasteiger partial charge in [-0.25, -0.2) is 0 Å². The van der Waals surface area contributed by atoms with Gasteiger partial charge in [0, 0.05) is 13.2 Å². The maximum atomic E-state index is 8.75. The fourth-order valence-corrected chi connectivity index (χ4v) is 1.41. The predicted octanol–water partition coefficient (Wildman–Crippen LogP) is 1.48. The lowest BCUT2D eigenvalue weighted by Crippen LogP contribution is -2.33. The van der Waals surface area contributed by atoms with Gasteiger partial charge in [0.2, 0.25) is 0 Å². The molecule has 0 saturated carbocycles. The van der Waals surface area contributed by atoms with Crippen LogP contribution in [0.25, 0.3) is 0 Å². The first-order chi connectivity index (χ1) is 5.88. The molecule has 1 heterocycles. The van der Waals surface area contributed by atoms with Gasteiger partial charge in [0.15, 0.2) is 6.10 Å². The molecule has 1 aliphatic heterocycles. The van der Waals surface area contributed by atoms with Crippen LogP contribution in [0.3, 0.4) is 0 Å². The fourth-order valence-electron chi connectivity index (χ4n) is 1.41. The van der Waals surface area contributed by atoms with Gasteiger partial charge in [-0.15, -0.1) is 0 Å². The molecule has 0 aliphatic carbocycles. The molecule has 0 aromatic rings. The van der Waals surface area contributed by atoms with Gasteiger partial charge >= 0.3 is 0 Å². The molecule has 0 radical (unpaired) electrons. The summed E-state index contributed by atoms with van der Waals surface area (Å²) in [4.78, 5) is 0. The summed E-state index contributed by atoms with van der Waals surface area (Å²) in [5.41, 5.74) is 0. The Kier molecular flexibility index (Phi) is 4.06. The monoisotopic (exact) mass is 169 g/mol. The highest BCUT2D eigenvalue weighted by molar-refractivity contribution is 4.91. The molecule has 0 aromatic heterocycles. The van der Waals surface area contributed by atoms with Crippen LogP contribution in [0, 0.1) is 11.3 Å². The maximum Gasteiger partial charge on any atom is 0.169 e. The van der Waals surface area contributed by atoms with Gasteiger partial charge in [-0.1, -0.05) is 0 Å². The van der Waals surface area contributed by atoms with E-state index in [0.717, 1.165) is 25.9 Å². The van der Waals surface area contributed by atoms with E-state index in [-0.39, 0.29) is 12.2 Å². The summed E-state index contributed by atoms with van der Waals surface area (Å²) >= 11 is 0. The maximum absolute atomic E-state index is 8.75. The minimum absolute atomic E-state index is 0.00343. The van der Waals surface area contributed by atoms with E-state index in [0.29, 0.717) is 6.61 Å². The molecule has 2 atom stereocenters. The van der Waals surface area contributed by atoms with Crippen molar-refractivity contribution >= 4 is 0 Å². The Balaban J connectivity index is 2.36. The van der Waals surface area contributed by atoms with E-state index in [1.165, 1.54) is 0 Å². The highest BCUT2D eigenvalue weighted by Gasteiger charge is 2.24. The standard InChI is InChI=1S/C9H15NO2/c1-2-11-9(7-10)8-5-3-4-6-12-8/h8-9H,2-6H2,1H3. The van der Waals surface area contributed by atoms with Crippen LogP contribution < -0.4 is 0 Å². The van der Waals surface area contributed by atoms with Crippen LogP contribution in [-0.4, -0.2) is 25.4 Å². The molecule has 1 fully saturated rings. The molecule has 12 heavy (non-hydrogen) atoms. The summed E-state index contributed by atoms with van der Waals surface area (Å²) in [6.45, 7) is 3.25. The molecule has 1 aliphatic rings. The molecular weight excluding hydrogens is 154 g/mol. The lowest BCUT2D eigenvalue weighted by atomic mass is 10.1. The largest absolute Gasteiger partial charge is 0.374 e. The summed E-state index contributed by atoms with van der Waals surface area (Å²) in [7, 11) is 0. The van der Waals surface area contributed by atoms with Crippen LogP contribution >= 0.6 is 0 Å². The Morgan fingerprint density at radius 2 is 2.50 bits per heavy atom. The van der Waals surface area contributed by atoms with Crippen molar-refractivity contribution < 1.29 is 9.47 Å². The predicted molar refractivity (Wildman–Crippen MR) is 44.6 cm³/mol. The molecule has 3 heteroatoms. The number of hydrogen-bond donors (Lipinski definition) is 0. The first-order valence-corrected chi connectivity index (χ1v) is 4.51. The molecule has 0 aromatic carbocycles. The Morgan fingerprint density at radius 3 is 3.00 bits per heavy atom. The van der Waals surface area contributed by atoms with Crippen molar-refractivity contribution in [1.29, 1.82) is 5.26 Å². The van der Waals surface area contributed by atoms with Crippen molar-refractivity contribution in [2.45, 2.75) is 38.4 Å². The topological polar surface area (TPSA) is 42.2 Å². The van der Waals surface area contributed by atoms with Gasteiger partial charge in [-0.05, 0) is 26.2 Å². The molecule has 2 unspecified atom stereocenters. The third kappa shape index (κ3) is 2.47. The van der Waals surface area contributed by atoms with Crippen molar-refractivity contribution in [1.82, 2.24) is 0 Å². The Hall–Kier alpha value is -0.590. The molecule has 1 rings (SSSR count). The number of hydrogen-bond acceptors (Lipinski definition) is 3. The summed E-state index contributed by atoms with van der Waals surface area (Å²) in [5.74, 6) is 0. The van der Waals surface area contributed by atoms with E-state index in [1.54, 1.807) is 0 Å². The molecular formula is C9H15NO2. The van der Waals surface area contributed by atoms with Crippen molar-refractivity contribution in [2.24, 2.45) is 0 Å². The van der Waals surface area contributed by atoms with E-state index >= 15 is 0 Å². The number of nitriles is 1. The summed E-state index contributed by atoms with van der Waals surface area (Å²) in [5, 5.41) is 8.75. The molecule has 0 amide bonds. The molecule has 0 bridgehead atoms. The van der Waals surface area contributed by atoms with Gasteiger partial charge in [0.1, 0.15) is 0 Å². The average Bonchev–Trinajstić information content (AvgIpc) is 2.15. The molecule has 0 spiro atoms. The third-order valence-electron chi connectivity index (χ3n) is 2.03. The lowest BCUT2D eigenvalue weighted by molar-refractivity contribution is -0.0666. The van der Waals surface area contributed by atoms with Crippen LogP contribution in [0.2, 0.25) is 0 Å². The Labute approximate surface area is 73.3 Å². The van der Waals surface area contributed by atoms with Crippen LogP contribution in [0.4, 0.5) is 0 Å². The van der Waals surface area contributed by atoms with E-state index < -0.39 is 0 Å². The third-order valence-corrected chi connectivity index (χ3v) is 2.03. The SMILES string of the molecule is CCOC(C#N)C1CCCCO1. The highest BCUT2D eigenvalue weighted by atomic mass is 16.5. The van der Waals surface area contributed by atoms with Gasteiger partial charge in [0.25, 0.3) is 0 Å². The van der Waals surface area contributed by atoms with E-state index in [2.05, 4.69) is 6.07 Å². The first-order valence-electron chi connectivity index (χ1n) is 4.51. The van der Waals surface area contributed by atoms with Gasteiger partial charge < -0.3 is 9.47 Å². The normalized spacial score (nSPS) is 26.2. The van der Waals surface area contributed by atoms with Gasteiger partial charge in [-0.2, -0.15) is 5.26 Å². The summed E-state index contributed by atoms with van der Waals surface area (Å²) in [6.07, 6.45) is 2.86. The quantitative estimate of drug-likeness (QED) is 0.642. The zero-order valence-corrected chi connectivity index (χ0v) is 7.45. The molecule has 68 valence electrons. The Bertz CT molecular complexity index is 158. The first kappa shape index (κ1) is 9.50. The number of rotatable bonds is 3. The lowest BCUT2D eigenvalue weighted by Gasteiger charge is -2.25. The van der Waals surface area contributed by atoms with Gasteiger partial charge in [-0.3, -0.25) is 0 Å². The van der Waals surface area contributed by atoms with Crippen LogP contribution in [0.15, 0.2) is 0 Å². The minimum Gasteiger partial charge on any atom is -0.374 e.